The highest BCUT2D eigenvalue weighted by molar-refractivity contribution is 9.10. The predicted octanol–water partition coefficient (Wildman–Crippen LogP) is 1.30. The van der Waals surface area contributed by atoms with E-state index in [0.717, 1.165) is 6.42 Å². The number of amides is 1. The summed E-state index contributed by atoms with van der Waals surface area (Å²) in [5.41, 5.74) is 11.5. The lowest BCUT2D eigenvalue weighted by molar-refractivity contribution is 0.1000. The molecule has 0 radical (unpaired) electrons. The fourth-order valence-corrected chi connectivity index (χ4v) is 2.11. The second-order valence-electron chi connectivity index (χ2n) is 3.84. The monoisotopic (exact) mass is 300 g/mol. The predicted molar refractivity (Wildman–Crippen MR) is 66.9 cm³/mol. The van der Waals surface area contributed by atoms with E-state index in [2.05, 4.69) is 15.9 Å². The van der Waals surface area contributed by atoms with Gasteiger partial charge >= 0.3 is 0 Å². The van der Waals surface area contributed by atoms with Gasteiger partial charge in [-0.15, -0.1) is 0 Å². The van der Waals surface area contributed by atoms with E-state index in [1.54, 1.807) is 12.1 Å². The average molecular weight is 301 g/mol. The molecule has 2 rings (SSSR count). The fourth-order valence-electron chi connectivity index (χ4n) is 1.66. The van der Waals surface area contributed by atoms with Gasteiger partial charge in [0.15, 0.2) is 0 Å². The third-order valence-corrected chi connectivity index (χ3v) is 3.17. The smallest absolute Gasteiger partial charge is 0.250 e. The molecule has 17 heavy (non-hydrogen) atoms. The molecule has 1 saturated heterocycles. The highest BCUT2D eigenvalue weighted by atomic mass is 79.9. The van der Waals surface area contributed by atoms with Crippen LogP contribution in [0.5, 0.6) is 5.75 Å². The molecular formula is C11H13BrN2O3. The maximum Gasteiger partial charge on any atom is 0.250 e. The second-order valence-corrected chi connectivity index (χ2v) is 4.69. The first-order chi connectivity index (χ1) is 8.08. The standard InChI is InChI=1S/C11H13BrN2O3/c12-8-4-9(13)7(11(14)15)3-10(8)17-6-1-2-16-5-6/h3-4,6H,1-2,5,13H2,(H2,14,15)/t6-/m0/s1. The van der Waals surface area contributed by atoms with Gasteiger partial charge in [0.25, 0.3) is 5.91 Å². The Labute approximate surface area is 107 Å². The number of hydrogen-bond acceptors (Lipinski definition) is 4. The topological polar surface area (TPSA) is 87.6 Å². The molecule has 92 valence electrons. The Bertz CT molecular complexity index is 445. The number of carbonyl (C=O) groups excluding carboxylic acids is 1. The van der Waals surface area contributed by atoms with Crippen molar-refractivity contribution in [2.75, 3.05) is 18.9 Å². The van der Waals surface area contributed by atoms with Gasteiger partial charge in [-0.2, -0.15) is 0 Å². The van der Waals surface area contributed by atoms with Crippen molar-refractivity contribution in [2.24, 2.45) is 5.73 Å². The SMILES string of the molecule is NC(=O)c1cc(O[C@H]2CCOC2)c(Br)cc1N. The Morgan fingerprint density at radius 1 is 1.53 bits per heavy atom. The lowest BCUT2D eigenvalue weighted by atomic mass is 10.1. The second kappa shape index (κ2) is 4.93. The Kier molecular flexibility index (Phi) is 3.54. The van der Waals surface area contributed by atoms with Crippen LogP contribution in [0.4, 0.5) is 5.69 Å². The average Bonchev–Trinajstić information content (AvgIpc) is 2.74. The molecule has 1 aliphatic rings. The summed E-state index contributed by atoms with van der Waals surface area (Å²) in [5, 5.41) is 0. The summed E-state index contributed by atoms with van der Waals surface area (Å²) in [6.45, 7) is 1.25. The van der Waals surface area contributed by atoms with E-state index in [1.807, 2.05) is 0 Å². The maximum atomic E-state index is 11.2. The fraction of sp³-hybridized carbons (Fsp3) is 0.364. The Balaban J connectivity index is 2.26. The first-order valence-corrected chi connectivity index (χ1v) is 6.00. The van der Waals surface area contributed by atoms with Crippen LogP contribution in [0, 0.1) is 0 Å². The maximum absolute atomic E-state index is 11.2. The molecule has 5 nitrogen and oxygen atoms in total. The Hall–Kier alpha value is -1.27. The van der Waals surface area contributed by atoms with Crippen molar-refractivity contribution in [1.29, 1.82) is 0 Å². The number of nitrogen functional groups attached to an aromatic ring is 1. The molecule has 1 heterocycles. The van der Waals surface area contributed by atoms with Crippen LogP contribution in [0.3, 0.4) is 0 Å². The van der Waals surface area contributed by atoms with Gasteiger partial charge in [0.1, 0.15) is 11.9 Å². The molecule has 1 aromatic rings. The van der Waals surface area contributed by atoms with Gasteiger partial charge in [-0.25, -0.2) is 0 Å². The van der Waals surface area contributed by atoms with Crippen LogP contribution < -0.4 is 16.2 Å². The van der Waals surface area contributed by atoms with E-state index in [4.69, 9.17) is 20.9 Å². The van der Waals surface area contributed by atoms with E-state index >= 15 is 0 Å². The molecule has 0 aromatic heterocycles. The largest absolute Gasteiger partial charge is 0.487 e. The Morgan fingerprint density at radius 2 is 2.29 bits per heavy atom. The zero-order valence-electron chi connectivity index (χ0n) is 9.11. The summed E-state index contributed by atoms with van der Waals surface area (Å²) in [7, 11) is 0. The summed E-state index contributed by atoms with van der Waals surface area (Å²) in [6, 6.07) is 3.17. The van der Waals surface area contributed by atoms with Crippen LogP contribution >= 0.6 is 15.9 Å². The summed E-state index contributed by atoms with van der Waals surface area (Å²) >= 11 is 3.34. The van der Waals surface area contributed by atoms with Gasteiger partial charge in [0.2, 0.25) is 0 Å². The van der Waals surface area contributed by atoms with Crippen LogP contribution in [0.2, 0.25) is 0 Å². The van der Waals surface area contributed by atoms with Gasteiger partial charge in [0, 0.05) is 12.1 Å². The number of benzene rings is 1. The van der Waals surface area contributed by atoms with Gasteiger partial charge in [-0.1, -0.05) is 0 Å². The third kappa shape index (κ3) is 2.70. The van der Waals surface area contributed by atoms with Crippen LogP contribution in [0.15, 0.2) is 16.6 Å². The Morgan fingerprint density at radius 3 is 2.88 bits per heavy atom. The highest BCUT2D eigenvalue weighted by Gasteiger charge is 2.19. The lowest BCUT2D eigenvalue weighted by Gasteiger charge is -2.15. The van der Waals surface area contributed by atoms with E-state index in [9.17, 15) is 4.79 Å². The number of carbonyl (C=O) groups is 1. The normalized spacial score (nSPS) is 19.2. The van der Waals surface area contributed by atoms with E-state index in [1.165, 1.54) is 0 Å². The molecule has 0 bridgehead atoms. The number of anilines is 1. The molecule has 1 aromatic carbocycles. The summed E-state index contributed by atoms with van der Waals surface area (Å²) in [4.78, 5) is 11.2. The molecule has 1 atom stereocenters. The number of primary amides is 1. The molecule has 6 heteroatoms. The summed E-state index contributed by atoms with van der Waals surface area (Å²) in [5.74, 6) is -0.00831. The molecule has 4 N–H and O–H groups in total. The van der Waals surface area contributed by atoms with Gasteiger partial charge in [-0.3, -0.25) is 4.79 Å². The molecule has 1 fully saturated rings. The van der Waals surface area contributed by atoms with Crippen molar-refractivity contribution >= 4 is 27.5 Å². The zero-order valence-corrected chi connectivity index (χ0v) is 10.7. The van der Waals surface area contributed by atoms with Crippen LogP contribution in [-0.4, -0.2) is 25.2 Å². The quantitative estimate of drug-likeness (QED) is 0.824. The van der Waals surface area contributed by atoms with Crippen molar-refractivity contribution in [3.63, 3.8) is 0 Å². The van der Waals surface area contributed by atoms with Gasteiger partial charge in [-0.05, 0) is 28.1 Å². The van der Waals surface area contributed by atoms with E-state index in [0.29, 0.717) is 29.1 Å². The van der Waals surface area contributed by atoms with Gasteiger partial charge in [0.05, 0.1) is 23.2 Å². The minimum atomic E-state index is -0.567. The van der Waals surface area contributed by atoms with Crippen molar-refractivity contribution in [2.45, 2.75) is 12.5 Å². The van der Waals surface area contributed by atoms with Crippen LogP contribution in [0.25, 0.3) is 0 Å². The van der Waals surface area contributed by atoms with Gasteiger partial charge < -0.3 is 20.9 Å². The molecule has 0 saturated carbocycles. The number of rotatable bonds is 3. The molecule has 0 unspecified atom stereocenters. The lowest BCUT2D eigenvalue weighted by Crippen LogP contribution is -2.18. The molecule has 0 aliphatic carbocycles. The highest BCUT2D eigenvalue weighted by Crippen LogP contribution is 2.31. The number of halogens is 1. The van der Waals surface area contributed by atoms with Crippen molar-refractivity contribution in [3.05, 3.63) is 22.2 Å². The minimum absolute atomic E-state index is 0.00986. The van der Waals surface area contributed by atoms with Crippen molar-refractivity contribution in [1.82, 2.24) is 0 Å². The number of hydrogen-bond donors (Lipinski definition) is 2. The number of nitrogens with two attached hydrogens (primary N) is 2. The first-order valence-electron chi connectivity index (χ1n) is 5.21. The number of ether oxygens (including phenoxy) is 2. The van der Waals surface area contributed by atoms with Crippen molar-refractivity contribution < 1.29 is 14.3 Å². The third-order valence-electron chi connectivity index (χ3n) is 2.55. The summed E-state index contributed by atoms with van der Waals surface area (Å²) < 4.78 is 11.6. The van der Waals surface area contributed by atoms with E-state index in [-0.39, 0.29) is 11.7 Å². The zero-order chi connectivity index (χ0) is 12.4. The van der Waals surface area contributed by atoms with Crippen LogP contribution in [0.1, 0.15) is 16.8 Å². The van der Waals surface area contributed by atoms with E-state index < -0.39 is 5.91 Å². The first kappa shape index (κ1) is 12.2. The van der Waals surface area contributed by atoms with Crippen molar-refractivity contribution in [3.8, 4) is 5.75 Å². The molecule has 1 amide bonds. The van der Waals surface area contributed by atoms with Crippen LogP contribution in [-0.2, 0) is 4.74 Å². The molecule has 0 spiro atoms. The minimum Gasteiger partial charge on any atom is -0.487 e. The summed E-state index contributed by atoms with van der Waals surface area (Å²) in [6.07, 6.45) is 0.846. The molecule has 1 aliphatic heterocycles. The molecular weight excluding hydrogens is 288 g/mol.